The third kappa shape index (κ3) is 6.24. The lowest BCUT2D eigenvalue weighted by atomic mass is 9.90. The van der Waals surface area contributed by atoms with E-state index in [-0.39, 0.29) is 45.5 Å². The molecule has 0 bridgehead atoms. The van der Waals surface area contributed by atoms with Crippen molar-refractivity contribution in [2.24, 2.45) is 0 Å². The van der Waals surface area contributed by atoms with Gasteiger partial charge >= 0.3 is 11.9 Å². The van der Waals surface area contributed by atoms with Gasteiger partial charge in [-0.3, -0.25) is 14.4 Å². The van der Waals surface area contributed by atoms with Gasteiger partial charge in [0.2, 0.25) is 5.91 Å². The van der Waals surface area contributed by atoms with Crippen molar-refractivity contribution in [2.75, 3.05) is 30.2 Å². The van der Waals surface area contributed by atoms with Gasteiger partial charge in [0, 0.05) is 16.0 Å². The van der Waals surface area contributed by atoms with Crippen LogP contribution in [0.5, 0.6) is 0 Å². The summed E-state index contributed by atoms with van der Waals surface area (Å²) in [4.78, 5) is 50.7. The first-order chi connectivity index (χ1) is 15.2. The van der Waals surface area contributed by atoms with Crippen LogP contribution in [0, 0.1) is 5.82 Å². The number of amides is 2. The second-order valence-electron chi connectivity index (χ2n) is 6.65. The van der Waals surface area contributed by atoms with Crippen molar-refractivity contribution >= 4 is 64.4 Å². The number of hydrogen-bond acceptors (Lipinski definition) is 7. The van der Waals surface area contributed by atoms with E-state index in [1.807, 2.05) is 0 Å². The van der Waals surface area contributed by atoms with E-state index in [2.05, 4.69) is 4.74 Å². The fourth-order valence-corrected chi connectivity index (χ4v) is 4.35. The van der Waals surface area contributed by atoms with E-state index < -0.39 is 35.5 Å². The molecule has 2 amide bonds. The summed E-state index contributed by atoms with van der Waals surface area (Å²) in [5.74, 6) is -4.53. The lowest BCUT2D eigenvalue weighted by Gasteiger charge is -2.26. The molecule has 0 saturated carbocycles. The zero-order valence-corrected chi connectivity index (χ0v) is 19.9. The quantitative estimate of drug-likeness (QED) is 0.296. The van der Waals surface area contributed by atoms with Crippen molar-refractivity contribution in [1.29, 1.82) is 0 Å². The van der Waals surface area contributed by atoms with E-state index in [0.717, 1.165) is 17.8 Å². The number of imide groups is 1. The zero-order valence-electron chi connectivity index (χ0n) is 17.5. The monoisotopic (exact) mass is 505 g/mol. The van der Waals surface area contributed by atoms with Gasteiger partial charge in [0.1, 0.15) is 11.7 Å². The summed E-state index contributed by atoms with van der Waals surface area (Å²) in [6.45, 7) is 1.77. The molecule has 0 radical (unpaired) electrons. The average molecular weight is 506 g/mol. The van der Waals surface area contributed by atoms with Crippen LogP contribution in [0.2, 0.25) is 5.02 Å². The summed E-state index contributed by atoms with van der Waals surface area (Å²) in [5.41, 5.74) is -0.116. The minimum atomic E-state index is -0.932. The van der Waals surface area contributed by atoms with Crippen molar-refractivity contribution in [3.05, 3.63) is 34.1 Å². The number of ether oxygens (including phenoxy) is 2. The molecule has 0 fully saturated rings. The van der Waals surface area contributed by atoms with Gasteiger partial charge in [-0.25, -0.2) is 14.1 Å². The van der Waals surface area contributed by atoms with E-state index in [1.165, 1.54) is 13.2 Å². The summed E-state index contributed by atoms with van der Waals surface area (Å²) in [6.07, 6.45) is 1.85. The maximum absolute atomic E-state index is 14.9. The molecule has 0 unspecified atom stereocenters. The Balaban J connectivity index is 2.54. The number of carbonyl (C=O) groups excluding carboxylic acids is 4. The number of hydrogen-bond donors (Lipinski definition) is 0. The summed E-state index contributed by atoms with van der Waals surface area (Å²) in [5, 5.41) is -0.00466. The second kappa shape index (κ2) is 12.2. The number of rotatable bonds is 8. The molecule has 174 valence electrons. The normalized spacial score (nSPS) is 13.5. The highest BCUT2D eigenvalue weighted by Crippen LogP contribution is 2.36. The van der Waals surface area contributed by atoms with Gasteiger partial charge in [0.15, 0.2) is 0 Å². The van der Waals surface area contributed by atoms with E-state index in [4.69, 9.17) is 27.9 Å². The number of benzene rings is 1. The highest BCUT2D eigenvalue weighted by Gasteiger charge is 2.33. The lowest BCUT2D eigenvalue weighted by molar-refractivity contribution is -0.139. The van der Waals surface area contributed by atoms with Gasteiger partial charge in [-0.15, -0.1) is 23.4 Å². The maximum Gasteiger partial charge on any atom is 0.334 e. The Bertz CT molecular complexity index is 952. The average Bonchev–Trinajstić information content (AvgIpc) is 2.79. The molecule has 0 heterocycles. The largest absolute Gasteiger partial charge is 0.468 e. The molecule has 1 aliphatic rings. The first kappa shape index (κ1) is 26.2. The topological polar surface area (TPSA) is 90.0 Å². The van der Waals surface area contributed by atoms with Gasteiger partial charge in [0.05, 0.1) is 30.2 Å². The van der Waals surface area contributed by atoms with Crippen LogP contribution in [0.3, 0.4) is 0 Å². The van der Waals surface area contributed by atoms with E-state index in [1.54, 1.807) is 6.92 Å². The smallest absolute Gasteiger partial charge is 0.334 e. The standard InChI is InChI=1S/C21H22Cl2FNO6S/c1-3-31-21(29)13-7-5-4-6-12(13)20(28)25(18(26)10-22)16-9-17(14(23)8-15(16)24)32-11-19(27)30-2/h8-9H,3-7,10-11H2,1-2H3. The molecule has 1 aliphatic carbocycles. The third-order valence-electron chi connectivity index (χ3n) is 4.63. The minimum absolute atomic E-state index is 0.00466. The fraction of sp³-hybridized carbons (Fsp3) is 0.429. The van der Waals surface area contributed by atoms with E-state index in [9.17, 15) is 23.6 Å². The van der Waals surface area contributed by atoms with Crippen LogP contribution >= 0.6 is 35.0 Å². The molecule has 11 heteroatoms. The Morgan fingerprint density at radius 1 is 1.16 bits per heavy atom. The van der Waals surface area contributed by atoms with Gasteiger partial charge in [-0.2, -0.15) is 0 Å². The predicted octanol–water partition coefficient (Wildman–Crippen LogP) is 4.28. The number of methoxy groups -OCH3 is 1. The minimum Gasteiger partial charge on any atom is -0.468 e. The number of anilines is 1. The van der Waals surface area contributed by atoms with Crippen molar-refractivity contribution in [3.63, 3.8) is 0 Å². The highest BCUT2D eigenvalue weighted by molar-refractivity contribution is 8.00. The Hall–Kier alpha value is -2.10. The van der Waals surface area contributed by atoms with Crippen LogP contribution in [0.25, 0.3) is 0 Å². The molecule has 0 atom stereocenters. The first-order valence-electron chi connectivity index (χ1n) is 9.76. The number of halogens is 3. The highest BCUT2D eigenvalue weighted by atomic mass is 35.5. The molecule has 1 aromatic rings. The van der Waals surface area contributed by atoms with Crippen LogP contribution < -0.4 is 4.90 Å². The molecule has 7 nitrogen and oxygen atoms in total. The first-order valence-corrected chi connectivity index (χ1v) is 11.7. The molecule has 2 rings (SSSR count). The molecular weight excluding hydrogens is 484 g/mol. The van der Waals surface area contributed by atoms with Crippen LogP contribution in [0.15, 0.2) is 28.2 Å². The number of carbonyl (C=O) groups is 4. The number of alkyl halides is 1. The third-order valence-corrected chi connectivity index (χ3v) is 6.31. The van der Waals surface area contributed by atoms with Gasteiger partial charge in [-0.05, 0) is 44.7 Å². The van der Waals surface area contributed by atoms with Gasteiger partial charge in [0.25, 0.3) is 5.91 Å². The van der Waals surface area contributed by atoms with Crippen LogP contribution in [0.1, 0.15) is 32.6 Å². The van der Waals surface area contributed by atoms with Gasteiger partial charge in [-0.1, -0.05) is 11.6 Å². The summed E-state index contributed by atoms with van der Waals surface area (Å²) in [7, 11) is 1.22. The summed E-state index contributed by atoms with van der Waals surface area (Å²) >= 11 is 12.7. The number of nitrogens with zero attached hydrogens (tertiary/aromatic N) is 1. The molecule has 0 aromatic heterocycles. The fourth-order valence-electron chi connectivity index (χ4n) is 3.13. The lowest BCUT2D eigenvalue weighted by Crippen LogP contribution is -2.40. The van der Waals surface area contributed by atoms with Crippen LogP contribution in [-0.4, -0.2) is 49.1 Å². The molecule has 32 heavy (non-hydrogen) atoms. The predicted molar refractivity (Wildman–Crippen MR) is 119 cm³/mol. The zero-order chi connectivity index (χ0) is 23.8. The summed E-state index contributed by atoms with van der Waals surface area (Å²) in [6, 6.07) is 2.14. The number of esters is 2. The van der Waals surface area contributed by atoms with Crippen LogP contribution in [-0.2, 0) is 28.7 Å². The molecule has 0 aliphatic heterocycles. The van der Waals surface area contributed by atoms with Crippen molar-refractivity contribution in [2.45, 2.75) is 37.5 Å². The molecule has 1 aromatic carbocycles. The van der Waals surface area contributed by atoms with Crippen molar-refractivity contribution < 1.29 is 33.0 Å². The molecule has 0 spiro atoms. The Morgan fingerprint density at radius 2 is 1.81 bits per heavy atom. The van der Waals surface area contributed by atoms with E-state index >= 15 is 0 Å². The maximum atomic E-state index is 14.9. The van der Waals surface area contributed by atoms with E-state index in [0.29, 0.717) is 24.2 Å². The Kier molecular flexibility index (Phi) is 9.99. The summed E-state index contributed by atoms with van der Waals surface area (Å²) < 4.78 is 24.5. The van der Waals surface area contributed by atoms with Crippen molar-refractivity contribution in [1.82, 2.24) is 0 Å². The van der Waals surface area contributed by atoms with Gasteiger partial charge < -0.3 is 9.47 Å². The molecular formula is C21H22Cl2FNO6S. The van der Waals surface area contributed by atoms with Crippen molar-refractivity contribution in [3.8, 4) is 0 Å². The van der Waals surface area contributed by atoms with Crippen LogP contribution in [0.4, 0.5) is 10.1 Å². The Labute approximate surface area is 199 Å². The molecule has 0 saturated heterocycles. The number of thioether (sulfide) groups is 1. The Morgan fingerprint density at radius 3 is 2.41 bits per heavy atom. The molecule has 0 N–H and O–H groups in total. The second-order valence-corrected chi connectivity index (χ2v) is 8.34. The SMILES string of the molecule is CCOC(=O)C1=C(C(=O)N(C(=O)CCl)c2cc(SCC(=O)OC)c(Cl)cc2F)CCCC1.